The van der Waals surface area contributed by atoms with Crippen molar-refractivity contribution in [1.82, 2.24) is 15.0 Å². The predicted molar refractivity (Wildman–Crippen MR) is 231 cm³/mol. The highest BCUT2D eigenvalue weighted by molar-refractivity contribution is 7.26. The molecular formula is C51H33N3S. The Morgan fingerprint density at radius 3 is 1.29 bits per heavy atom. The van der Waals surface area contributed by atoms with Gasteiger partial charge in [-0.3, -0.25) is 0 Å². The Balaban J connectivity index is 1.08. The fourth-order valence-electron chi connectivity index (χ4n) is 7.35. The van der Waals surface area contributed by atoms with E-state index < -0.39 is 0 Å². The largest absolute Gasteiger partial charge is 0.208 e. The summed E-state index contributed by atoms with van der Waals surface area (Å²) in [4.78, 5) is 15.6. The molecule has 0 amide bonds. The third-order valence-corrected chi connectivity index (χ3v) is 11.4. The first-order valence-electron chi connectivity index (χ1n) is 18.4. The summed E-state index contributed by atoms with van der Waals surface area (Å²) in [5, 5.41) is 2.46. The summed E-state index contributed by atoms with van der Waals surface area (Å²) in [6.07, 6.45) is 0. The van der Waals surface area contributed by atoms with Gasteiger partial charge in [0.1, 0.15) is 0 Å². The molecule has 0 unspecified atom stereocenters. The number of fused-ring (bicyclic) bond motifs is 3. The van der Waals surface area contributed by atoms with Crippen LogP contribution in [0.15, 0.2) is 200 Å². The monoisotopic (exact) mass is 719 g/mol. The van der Waals surface area contributed by atoms with Gasteiger partial charge in [0.15, 0.2) is 17.5 Å². The number of nitrogens with zero attached hydrogens (tertiary/aromatic N) is 3. The van der Waals surface area contributed by atoms with Gasteiger partial charge in [-0.25, -0.2) is 15.0 Å². The molecule has 0 fully saturated rings. The molecule has 2 heterocycles. The Bertz CT molecular complexity index is 2970. The zero-order valence-electron chi connectivity index (χ0n) is 29.8. The van der Waals surface area contributed by atoms with Crippen LogP contribution in [0.5, 0.6) is 0 Å². The topological polar surface area (TPSA) is 38.7 Å². The summed E-state index contributed by atoms with van der Waals surface area (Å²) in [6, 6.07) is 70.5. The van der Waals surface area contributed by atoms with Gasteiger partial charge in [0.25, 0.3) is 0 Å². The van der Waals surface area contributed by atoms with Crippen LogP contribution in [0, 0.1) is 0 Å². The molecule has 8 aromatic carbocycles. The van der Waals surface area contributed by atoms with E-state index in [0.717, 1.165) is 38.9 Å². The second-order valence-corrected chi connectivity index (χ2v) is 14.7. The van der Waals surface area contributed by atoms with Crippen molar-refractivity contribution in [3.63, 3.8) is 0 Å². The predicted octanol–water partition coefficient (Wildman–Crippen LogP) is 13.9. The van der Waals surface area contributed by atoms with Crippen LogP contribution in [0.4, 0.5) is 0 Å². The minimum atomic E-state index is 0.638. The third kappa shape index (κ3) is 6.39. The SMILES string of the molecule is c1ccc(-c2cccc(-c3ccc(-c4nc(-c5cccc(-c6cccc(-c7ccccc7)c6)c5)nc(-c5cccc6c5sc5ccccc56)n4)cc3)c2)cc1. The van der Waals surface area contributed by atoms with Gasteiger partial charge in [0, 0.05) is 36.9 Å². The molecule has 0 N–H and O–H groups in total. The minimum Gasteiger partial charge on any atom is -0.208 e. The lowest BCUT2D eigenvalue weighted by Crippen LogP contribution is -2.00. The molecule has 0 aliphatic heterocycles. The molecule has 258 valence electrons. The molecule has 0 radical (unpaired) electrons. The molecule has 55 heavy (non-hydrogen) atoms. The maximum absolute atomic E-state index is 5.21. The lowest BCUT2D eigenvalue weighted by Gasteiger charge is -2.11. The smallest absolute Gasteiger partial charge is 0.165 e. The van der Waals surface area contributed by atoms with Crippen molar-refractivity contribution in [2.24, 2.45) is 0 Å². The van der Waals surface area contributed by atoms with Crippen molar-refractivity contribution in [1.29, 1.82) is 0 Å². The van der Waals surface area contributed by atoms with E-state index in [9.17, 15) is 0 Å². The van der Waals surface area contributed by atoms with Crippen LogP contribution >= 0.6 is 11.3 Å². The number of thiophene rings is 1. The second kappa shape index (κ2) is 14.1. The van der Waals surface area contributed by atoms with Gasteiger partial charge in [-0.1, -0.05) is 170 Å². The van der Waals surface area contributed by atoms with Crippen LogP contribution < -0.4 is 0 Å². The first-order chi connectivity index (χ1) is 27.2. The Hall–Kier alpha value is -7.01. The number of rotatable bonds is 7. The number of benzene rings is 8. The standard InChI is InChI=1S/C51H33N3S/c1-3-13-34(14-4-1)38-17-9-19-40(31-38)36-27-29-37(30-28-36)49-52-50(54-51(53-49)46-25-12-24-45-44-23-7-8-26-47(44)55-48(45)46)43-22-11-21-42(33-43)41-20-10-18-39(32-41)35-15-5-2-6-16-35/h1-33H. The van der Waals surface area contributed by atoms with Crippen molar-refractivity contribution in [3.8, 4) is 78.7 Å². The Morgan fingerprint density at radius 1 is 0.273 bits per heavy atom. The third-order valence-electron chi connectivity index (χ3n) is 10.2. The van der Waals surface area contributed by atoms with Crippen molar-refractivity contribution < 1.29 is 0 Å². The normalized spacial score (nSPS) is 11.3. The maximum Gasteiger partial charge on any atom is 0.165 e. The number of hydrogen-bond donors (Lipinski definition) is 0. The molecule has 0 saturated carbocycles. The number of hydrogen-bond acceptors (Lipinski definition) is 4. The van der Waals surface area contributed by atoms with Gasteiger partial charge < -0.3 is 0 Å². The molecule has 0 spiro atoms. The highest BCUT2D eigenvalue weighted by Gasteiger charge is 2.17. The van der Waals surface area contributed by atoms with Crippen LogP contribution in [0.25, 0.3) is 98.8 Å². The number of aromatic nitrogens is 3. The average Bonchev–Trinajstić information content (AvgIpc) is 3.66. The fourth-order valence-corrected chi connectivity index (χ4v) is 8.56. The van der Waals surface area contributed by atoms with E-state index in [2.05, 4.69) is 200 Å². The van der Waals surface area contributed by atoms with Gasteiger partial charge >= 0.3 is 0 Å². The van der Waals surface area contributed by atoms with E-state index in [0.29, 0.717) is 17.5 Å². The van der Waals surface area contributed by atoms with Crippen LogP contribution in [0.1, 0.15) is 0 Å². The van der Waals surface area contributed by atoms with Gasteiger partial charge in [-0.05, 0) is 74.8 Å². The molecule has 0 atom stereocenters. The highest BCUT2D eigenvalue weighted by atomic mass is 32.1. The van der Waals surface area contributed by atoms with Crippen LogP contribution in [-0.2, 0) is 0 Å². The molecule has 0 aliphatic rings. The van der Waals surface area contributed by atoms with Crippen molar-refractivity contribution in [2.45, 2.75) is 0 Å². The minimum absolute atomic E-state index is 0.638. The zero-order valence-corrected chi connectivity index (χ0v) is 30.6. The average molecular weight is 720 g/mol. The van der Waals surface area contributed by atoms with Gasteiger partial charge in [-0.2, -0.15) is 0 Å². The lowest BCUT2D eigenvalue weighted by molar-refractivity contribution is 1.08. The van der Waals surface area contributed by atoms with E-state index in [1.165, 1.54) is 42.4 Å². The molecule has 10 aromatic rings. The summed E-state index contributed by atoms with van der Waals surface area (Å²) in [7, 11) is 0. The zero-order chi connectivity index (χ0) is 36.6. The Morgan fingerprint density at radius 2 is 0.673 bits per heavy atom. The van der Waals surface area contributed by atoms with Crippen LogP contribution in [0.2, 0.25) is 0 Å². The second-order valence-electron chi connectivity index (χ2n) is 13.6. The van der Waals surface area contributed by atoms with Crippen molar-refractivity contribution in [3.05, 3.63) is 200 Å². The quantitative estimate of drug-likeness (QED) is 0.165. The van der Waals surface area contributed by atoms with E-state index >= 15 is 0 Å². The lowest BCUT2D eigenvalue weighted by atomic mass is 9.98. The molecule has 0 aliphatic carbocycles. The van der Waals surface area contributed by atoms with E-state index in [1.54, 1.807) is 11.3 Å². The van der Waals surface area contributed by atoms with Gasteiger partial charge in [-0.15, -0.1) is 11.3 Å². The van der Waals surface area contributed by atoms with Crippen LogP contribution in [-0.4, -0.2) is 15.0 Å². The van der Waals surface area contributed by atoms with Gasteiger partial charge in [0.2, 0.25) is 0 Å². The molecule has 10 rings (SSSR count). The Kier molecular flexibility index (Phi) is 8.36. The molecule has 4 heteroatoms. The van der Waals surface area contributed by atoms with Crippen LogP contribution in [0.3, 0.4) is 0 Å². The first kappa shape index (κ1) is 32.6. The molecular weight excluding hydrogens is 687 g/mol. The molecule has 0 saturated heterocycles. The van der Waals surface area contributed by atoms with Crippen molar-refractivity contribution >= 4 is 31.5 Å². The summed E-state index contributed by atoms with van der Waals surface area (Å²) in [6.45, 7) is 0. The molecule has 0 bridgehead atoms. The summed E-state index contributed by atoms with van der Waals surface area (Å²) in [5.74, 6) is 1.94. The fraction of sp³-hybridized carbons (Fsp3) is 0. The summed E-state index contributed by atoms with van der Waals surface area (Å²) >= 11 is 1.78. The molecule has 3 nitrogen and oxygen atoms in total. The first-order valence-corrected chi connectivity index (χ1v) is 19.2. The maximum atomic E-state index is 5.21. The van der Waals surface area contributed by atoms with Gasteiger partial charge in [0.05, 0.1) is 0 Å². The Labute approximate surface area is 323 Å². The van der Waals surface area contributed by atoms with E-state index in [-0.39, 0.29) is 0 Å². The summed E-state index contributed by atoms with van der Waals surface area (Å²) < 4.78 is 2.42. The van der Waals surface area contributed by atoms with Crippen molar-refractivity contribution in [2.75, 3.05) is 0 Å². The van der Waals surface area contributed by atoms with E-state index in [4.69, 9.17) is 15.0 Å². The van der Waals surface area contributed by atoms with E-state index in [1.807, 2.05) is 0 Å². The highest BCUT2D eigenvalue weighted by Crippen LogP contribution is 2.40. The molecule has 2 aromatic heterocycles. The summed E-state index contributed by atoms with van der Waals surface area (Å²) in [5.41, 5.74) is 12.2.